The molecule has 0 aliphatic rings. The predicted molar refractivity (Wildman–Crippen MR) is 98.7 cm³/mol. The molecule has 0 unspecified atom stereocenters. The zero-order valence-electron chi connectivity index (χ0n) is 14.9. The summed E-state index contributed by atoms with van der Waals surface area (Å²) in [6.45, 7) is 4.40. The van der Waals surface area contributed by atoms with Gasteiger partial charge in [0.05, 0.1) is 11.3 Å². The van der Waals surface area contributed by atoms with Gasteiger partial charge in [-0.15, -0.1) is 0 Å². The van der Waals surface area contributed by atoms with Crippen molar-refractivity contribution in [3.63, 3.8) is 0 Å². The summed E-state index contributed by atoms with van der Waals surface area (Å²) in [5.74, 6) is -1.54. The second-order valence-electron chi connectivity index (χ2n) is 6.54. The quantitative estimate of drug-likeness (QED) is 0.689. The number of aryl methyl sites for hydroxylation is 1. The van der Waals surface area contributed by atoms with Crippen LogP contribution in [0.4, 0.5) is 24.5 Å². The Morgan fingerprint density at radius 3 is 2.07 bits per heavy atom. The van der Waals surface area contributed by atoms with E-state index in [1.807, 2.05) is 0 Å². The smallest absolute Gasteiger partial charge is 0.325 e. The van der Waals surface area contributed by atoms with Crippen LogP contribution in [0.5, 0.6) is 0 Å². The summed E-state index contributed by atoms with van der Waals surface area (Å²) >= 11 is 5.91. The van der Waals surface area contributed by atoms with Crippen LogP contribution in [-0.4, -0.2) is 11.8 Å². The minimum Gasteiger partial charge on any atom is -0.325 e. The van der Waals surface area contributed by atoms with Crippen molar-refractivity contribution in [2.24, 2.45) is 5.41 Å². The van der Waals surface area contributed by atoms with Crippen molar-refractivity contribution in [2.45, 2.75) is 26.9 Å². The molecule has 2 aromatic carbocycles. The first-order valence-electron chi connectivity index (χ1n) is 7.98. The largest absolute Gasteiger partial charge is 0.418 e. The highest BCUT2D eigenvalue weighted by molar-refractivity contribution is 6.31. The average molecular weight is 399 g/mol. The second-order valence-corrected chi connectivity index (χ2v) is 6.97. The molecule has 0 bridgehead atoms. The Morgan fingerprint density at radius 2 is 1.48 bits per heavy atom. The standard InChI is InChI=1S/C19H18ClF3N2O2/c1-11-8-9-12(20)10-15(11)25-17(27)18(2,3)16(26)24-14-7-5-4-6-13(14)19(21,22)23/h4-10H,1-3H3,(H,24,26)(H,25,27). The number of amides is 2. The molecule has 0 spiro atoms. The van der Waals surface area contributed by atoms with Gasteiger partial charge in [0.2, 0.25) is 11.8 Å². The highest BCUT2D eigenvalue weighted by Crippen LogP contribution is 2.35. The number of rotatable bonds is 4. The van der Waals surface area contributed by atoms with E-state index in [1.54, 1.807) is 19.1 Å². The molecule has 2 amide bonds. The van der Waals surface area contributed by atoms with Gasteiger partial charge in [-0.2, -0.15) is 13.2 Å². The monoisotopic (exact) mass is 398 g/mol. The van der Waals surface area contributed by atoms with Gasteiger partial charge in [-0.3, -0.25) is 9.59 Å². The fourth-order valence-electron chi connectivity index (χ4n) is 2.23. The van der Waals surface area contributed by atoms with E-state index < -0.39 is 34.7 Å². The van der Waals surface area contributed by atoms with Crippen molar-refractivity contribution in [1.29, 1.82) is 0 Å². The molecule has 2 rings (SSSR count). The molecule has 2 aromatic rings. The Bertz CT molecular complexity index is 879. The maximum atomic E-state index is 13.1. The summed E-state index contributed by atoms with van der Waals surface area (Å²) in [6, 6.07) is 9.46. The van der Waals surface area contributed by atoms with Crippen LogP contribution in [0.25, 0.3) is 0 Å². The van der Waals surface area contributed by atoms with Crippen LogP contribution in [-0.2, 0) is 15.8 Å². The Morgan fingerprint density at radius 1 is 0.926 bits per heavy atom. The van der Waals surface area contributed by atoms with Gasteiger partial charge in [-0.25, -0.2) is 0 Å². The molecule has 0 heterocycles. The number of hydrogen-bond donors (Lipinski definition) is 2. The lowest BCUT2D eigenvalue weighted by Gasteiger charge is -2.24. The second kappa shape index (κ2) is 7.60. The molecule has 0 atom stereocenters. The Balaban J connectivity index is 2.22. The third kappa shape index (κ3) is 4.80. The molecule has 8 heteroatoms. The molecule has 0 aromatic heterocycles. The number of benzene rings is 2. The lowest BCUT2D eigenvalue weighted by Crippen LogP contribution is -2.42. The van der Waals surface area contributed by atoms with Gasteiger partial charge in [-0.05, 0) is 50.6 Å². The first-order chi connectivity index (χ1) is 12.4. The Kier molecular flexibility index (Phi) is 5.85. The fourth-order valence-corrected chi connectivity index (χ4v) is 2.40. The van der Waals surface area contributed by atoms with Crippen molar-refractivity contribution in [3.8, 4) is 0 Å². The van der Waals surface area contributed by atoms with Crippen molar-refractivity contribution >= 4 is 34.8 Å². The minimum atomic E-state index is -4.63. The molecule has 0 fully saturated rings. The maximum Gasteiger partial charge on any atom is 0.418 e. The number of anilines is 2. The zero-order valence-corrected chi connectivity index (χ0v) is 15.6. The van der Waals surface area contributed by atoms with Gasteiger partial charge < -0.3 is 10.6 Å². The van der Waals surface area contributed by atoms with Crippen molar-refractivity contribution in [1.82, 2.24) is 0 Å². The molecule has 0 saturated carbocycles. The van der Waals surface area contributed by atoms with Gasteiger partial charge in [0.25, 0.3) is 0 Å². The zero-order chi connectivity index (χ0) is 20.4. The third-order valence-corrected chi connectivity index (χ3v) is 4.30. The summed E-state index contributed by atoms with van der Waals surface area (Å²) < 4.78 is 39.2. The van der Waals surface area contributed by atoms with Gasteiger partial charge in [0.15, 0.2) is 0 Å². The molecular formula is C19H18ClF3N2O2. The lowest BCUT2D eigenvalue weighted by atomic mass is 9.90. The molecule has 0 radical (unpaired) electrons. The van der Waals surface area contributed by atoms with Crippen LogP contribution in [0.3, 0.4) is 0 Å². The number of alkyl halides is 3. The summed E-state index contributed by atoms with van der Waals surface area (Å²) in [6.07, 6.45) is -4.63. The van der Waals surface area contributed by atoms with Crippen LogP contribution in [0, 0.1) is 12.3 Å². The van der Waals surface area contributed by atoms with Gasteiger partial charge in [0.1, 0.15) is 5.41 Å². The number of nitrogens with one attached hydrogen (secondary N) is 2. The van der Waals surface area contributed by atoms with E-state index in [0.29, 0.717) is 10.7 Å². The Hall–Kier alpha value is -2.54. The highest BCUT2D eigenvalue weighted by atomic mass is 35.5. The van der Waals surface area contributed by atoms with E-state index >= 15 is 0 Å². The van der Waals surface area contributed by atoms with Gasteiger partial charge >= 0.3 is 6.18 Å². The maximum absolute atomic E-state index is 13.1. The molecule has 0 aliphatic carbocycles. The third-order valence-electron chi connectivity index (χ3n) is 4.06. The Labute approximate surface area is 159 Å². The van der Waals surface area contributed by atoms with Crippen LogP contribution in [0.2, 0.25) is 5.02 Å². The molecule has 2 N–H and O–H groups in total. The molecule has 144 valence electrons. The van der Waals surface area contributed by atoms with Crippen molar-refractivity contribution in [2.75, 3.05) is 10.6 Å². The molecule has 27 heavy (non-hydrogen) atoms. The first kappa shape index (κ1) is 20.8. The number of carbonyl (C=O) groups excluding carboxylic acids is 2. The van der Waals surface area contributed by atoms with Crippen molar-refractivity contribution in [3.05, 3.63) is 58.6 Å². The van der Waals surface area contributed by atoms with Gasteiger partial charge in [0, 0.05) is 10.7 Å². The molecule has 4 nitrogen and oxygen atoms in total. The summed E-state index contributed by atoms with van der Waals surface area (Å²) in [4.78, 5) is 25.1. The fraction of sp³-hybridized carbons (Fsp3) is 0.263. The summed E-state index contributed by atoms with van der Waals surface area (Å²) in [7, 11) is 0. The van der Waals surface area contributed by atoms with Crippen LogP contribution in [0.1, 0.15) is 25.0 Å². The van der Waals surface area contributed by atoms with E-state index in [2.05, 4.69) is 10.6 Å². The number of para-hydroxylation sites is 1. The van der Waals surface area contributed by atoms with Crippen molar-refractivity contribution < 1.29 is 22.8 Å². The SMILES string of the molecule is Cc1ccc(Cl)cc1NC(=O)C(C)(C)C(=O)Nc1ccccc1C(F)(F)F. The molecule has 0 saturated heterocycles. The first-order valence-corrected chi connectivity index (χ1v) is 8.36. The van der Waals surface area contributed by atoms with E-state index in [4.69, 9.17) is 11.6 Å². The van der Waals surface area contributed by atoms with E-state index in [-0.39, 0.29) is 0 Å². The topological polar surface area (TPSA) is 58.2 Å². The van der Waals surface area contributed by atoms with Crippen LogP contribution in [0.15, 0.2) is 42.5 Å². The van der Waals surface area contributed by atoms with Crippen LogP contribution < -0.4 is 10.6 Å². The predicted octanol–water partition coefficient (Wildman–Crippen LogP) is 5.27. The number of carbonyl (C=O) groups is 2. The summed E-state index contributed by atoms with van der Waals surface area (Å²) in [5, 5.41) is 5.20. The lowest BCUT2D eigenvalue weighted by molar-refractivity contribution is -0.137. The molecule has 0 aliphatic heterocycles. The highest BCUT2D eigenvalue weighted by Gasteiger charge is 2.39. The van der Waals surface area contributed by atoms with E-state index in [0.717, 1.165) is 17.7 Å². The number of halogens is 4. The summed E-state index contributed by atoms with van der Waals surface area (Å²) in [5.41, 5.74) is -1.88. The average Bonchev–Trinajstić information content (AvgIpc) is 2.57. The van der Waals surface area contributed by atoms with Crippen LogP contribution >= 0.6 is 11.6 Å². The van der Waals surface area contributed by atoms with E-state index in [9.17, 15) is 22.8 Å². The van der Waals surface area contributed by atoms with E-state index in [1.165, 1.54) is 32.0 Å². The molecular weight excluding hydrogens is 381 g/mol. The number of hydrogen-bond acceptors (Lipinski definition) is 2. The normalized spacial score (nSPS) is 11.8. The minimum absolute atomic E-state index is 0.400. The van der Waals surface area contributed by atoms with Gasteiger partial charge in [-0.1, -0.05) is 29.8 Å².